The van der Waals surface area contributed by atoms with Gasteiger partial charge in [0.1, 0.15) is 11.5 Å². The highest BCUT2D eigenvalue weighted by atomic mass is 16.1. The summed E-state index contributed by atoms with van der Waals surface area (Å²) in [6, 6.07) is 0.249. The standard InChI is InChI=1S/C13H20N4O/c1-9-5-3-2-4-6-10(9)17-13(18)11-7-16-12(14)8-15-11/h7-10H,2-6H2,1H3,(H2,14,16)(H,17,18). The first kappa shape index (κ1) is 12.8. The molecule has 0 aromatic carbocycles. The summed E-state index contributed by atoms with van der Waals surface area (Å²) in [6.07, 6.45) is 8.77. The summed E-state index contributed by atoms with van der Waals surface area (Å²) in [5.41, 5.74) is 5.78. The van der Waals surface area contributed by atoms with E-state index < -0.39 is 0 Å². The normalized spacial score (nSPS) is 24.3. The van der Waals surface area contributed by atoms with E-state index in [9.17, 15) is 4.79 Å². The second-order valence-electron chi connectivity index (χ2n) is 5.02. The molecule has 1 fully saturated rings. The van der Waals surface area contributed by atoms with Gasteiger partial charge in [-0.1, -0.05) is 26.2 Å². The lowest BCUT2D eigenvalue weighted by Crippen LogP contribution is -2.39. The van der Waals surface area contributed by atoms with Gasteiger partial charge in [-0.05, 0) is 18.8 Å². The molecule has 1 saturated carbocycles. The van der Waals surface area contributed by atoms with Gasteiger partial charge in [-0.25, -0.2) is 9.97 Å². The van der Waals surface area contributed by atoms with Gasteiger partial charge in [-0.3, -0.25) is 4.79 Å². The molecular formula is C13H20N4O. The molecule has 5 heteroatoms. The third-order valence-electron chi connectivity index (χ3n) is 3.58. The molecule has 0 saturated heterocycles. The Morgan fingerprint density at radius 1 is 1.28 bits per heavy atom. The number of hydrogen-bond donors (Lipinski definition) is 2. The van der Waals surface area contributed by atoms with E-state index in [1.54, 1.807) is 0 Å². The highest BCUT2D eigenvalue weighted by molar-refractivity contribution is 5.92. The Hall–Kier alpha value is -1.65. The lowest BCUT2D eigenvalue weighted by Gasteiger charge is -2.22. The number of nitrogens with two attached hydrogens (primary N) is 1. The Morgan fingerprint density at radius 3 is 2.78 bits per heavy atom. The van der Waals surface area contributed by atoms with E-state index in [1.165, 1.54) is 38.1 Å². The van der Waals surface area contributed by atoms with Crippen LogP contribution >= 0.6 is 0 Å². The van der Waals surface area contributed by atoms with Crippen molar-refractivity contribution < 1.29 is 4.79 Å². The van der Waals surface area contributed by atoms with Crippen molar-refractivity contribution >= 4 is 11.7 Å². The molecule has 1 aliphatic carbocycles. The zero-order valence-corrected chi connectivity index (χ0v) is 10.7. The number of carbonyl (C=O) groups excluding carboxylic acids is 1. The minimum Gasteiger partial charge on any atom is -0.382 e. The van der Waals surface area contributed by atoms with Crippen molar-refractivity contribution in [2.45, 2.75) is 45.1 Å². The molecule has 1 aromatic heterocycles. The van der Waals surface area contributed by atoms with Gasteiger partial charge in [0.25, 0.3) is 5.91 Å². The van der Waals surface area contributed by atoms with Crippen LogP contribution in [0.5, 0.6) is 0 Å². The van der Waals surface area contributed by atoms with Crippen LogP contribution in [0.4, 0.5) is 5.82 Å². The van der Waals surface area contributed by atoms with E-state index >= 15 is 0 Å². The fraction of sp³-hybridized carbons (Fsp3) is 0.615. The van der Waals surface area contributed by atoms with Crippen molar-refractivity contribution in [3.63, 3.8) is 0 Å². The summed E-state index contributed by atoms with van der Waals surface area (Å²) in [5, 5.41) is 3.06. The number of rotatable bonds is 2. The first-order valence-electron chi connectivity index (χ1n) is 6.55. The molecule has 0 aliphatic heterocycles. The third kappa shape index (κ3) is 3.18. The average molecular weight is 248 g/mol. The molecule has 1 aliphatic rings. The molecule has 2 unspecified atom stereocenters. The molecule has 2 rings (SSSR count). The fourth-order valence-electron chi connectivity index (χ4n) is 2.41. The molecule has 0 radical (unpaired) electrons. The maximum atomic E-state index is 12.0. The van der Waals surface area contributed by atoms with E-state index in [4.69, 9.17) is 5.73 Å². The lowest BCUT2D eigenvalue weighted by atomic mass is 9.97. The second kappa shape index (κ2) is 5.80. The Balaban J connectivity index is 1.99. The number of nitrogen functional groups attached to an aromatic ring is 1. The minimum atomic E-state index is -0.152. The van der Waals surface area contributed by atoms with Crippen LogP contribution in [-0.4, -0.2) is 21.9 Å². The molecule has 18 heavy (non-hydrogen) atoms. The van der Waals surface area contributed by atoms with E-state index in [0.29, 0.717) is 17.4 Å². The maximum absolute atomic E-state index is 12.0. The van der Waals surface area contributed by atoms with Crippen LogP contribution in [0.1, 0.15) is 49.5 Å². The van der Waals surface area contributed by atoms with Crippen molar-refractivity contribution in [1.29, 1.82) is 0 Å². The average Bonchev–Trinajstić information content (AvgIpc) is 2.56. The first-order chi connectivity index (χ1) is 8.66. The van der Waals surface area contributed by atoms with Crippen molar-refractivity contribution in [3.8, 4) is 0 Å². The smallest absolute Gasteiger partial charge is 0.271 e. The number of amides is 1. The van der Waals surface area contributed by atoms with Gasteiger partial charge in [-0.2, -0.15) is 0 Å². The van der Waals surface area contributed by atoms with Crippen LogP contribution in [0.2, 0.25) is 0 Å². The largest absolute Gasteiger partial charge is 0.382 e. The topological polar surface area (TPSA) is 80.9 Å². The van der Waals surface area contributed by atoms with Gasteiger partial charge >= 0.3 is 0 Å². The molecule has 98 valence electrons. The van der Waals surface area contributed by atoms with E-state index in [2.05, 4.69) is 22.2 Å². The summed E-state index contributed by atoms with van der Waals surface area (Å²) in [6.45, 7) is 2.20. The molecule has 1 aromatic rings. The van der Waals surface area contributed by atoms with Crippen molar-refractivity contribution in [3.05, 3.63) is 18.1 Å². The molecule has 3 N–H and O–H groups in total. The van der Waals surface area contributed by atoms with Crippen molar-refractivity contribution in [1.82, 2.24) is 15.3 Å². The quantitative estimate of drug-likeness (QED) is 0.781. The number of nitrogens with zero attached hydrogens (tertiary/aromatic N) is 2. The predicted molar refractivity (Wildman–Crippen MR) is 69.9 cm³/mol. The summed E-state index contributed by atoms with van der Waals surface area (Å²) >= 11 is 0. The van der Waals surface area contributed by atoms with Gasteiger partial charge < -0.3 is 11.1 Å². The molecule has 1 amide bonds. The fourth-order valence-corrected chi connectivity index (χ4v) is 2.41. The molecule has 5 nitrogen and oxygen atoms in total. The number of nitrogens with one attached hydrogen (secondary N) is 1. The van der Waals surface area contributed by atoms with E-state index in [0.717, 1.165) is 6.42 Å². The monoisotopic (exact) mass is 248 g/mol. The summed E-state index contributed by atoms with van der Waals surface area (Å²) in [4.78, 5) is 19.9. The molecule has 2 atom stereocenters. The van der Waals surface area contributed by atoms with Gasteiger partial charge in [0.05, 0.1) is 12.4 Å². The van der Waals surface area contributed by atoms with Crippen molar-refractivity contribution in [2.24, 2.45) is 5.92 Å². The molecule has 1 heterocycles. The number of carbonyl (C=O) groups is 1. The Kier molecular flexibility index (Phi) is 4.12. The highest BCUT2D eigenvalue weighted by Crippen LogP contribution is 2.23. The lowest BCUT2D eigenvalue weighted by molar-refractivity contribution is 0.0916. The van der Waals surface area contributed by atoms with Gasteiger partial charge in [0, 0.05) is 6.04 Å². The zero-order chi connectivity index (χ0) is 13.0. The van der Waals surface area contributed by atoms with Gasteiger partial charge in [-0.15, -0.1) is 0 Å². The van der Waals surface area contributed by atoms with Crippen LogP contribution in [0, 0.1) is 5.92 Å². The highest BCUT2D eigenvalue weighted by Gasteiger charge is 2.22. The maximum Gasteiger partial charge on any atom is 0.271 e. The Bertz CT molecular complexity index is 404. The van der Waals surface area contributed by atoms with Crippen LogP contribution in [0.3, 0.4) is 0 Å². The SMILES string of the molecule is CC1CCCCCC1NC(=O)c1cnc(N)cn1. The summed E-state index contributed by atoms with van der Waals surface area (Å²) in [5.74, 6) is 0.703. The number of anilines is 1. The third-order valence-corrected chi connectivity index (χ3v) is 3.58. The Labute approximate surface area is 107 Å². The molecule has 0 spiro atoms. The summed E-state index contributed by atoms with van der Waals surface area (Å²) in [7, 11) is 0. The van der Waals surface area contributed by atoms with E-state index in [-0.39, 0.29) is 11.9 Å². The van der Waals surface area contributed by atoms with Crippen LogP contribution in [-0.2, 0) is 0 Å². The zero-order valence-electron chi connectivity index (χ0n) is 10.7. The predicted octanol–water partition coefficient (Wildman–Crippen LogP) is 1.76. The number of hydrogen-bond acceptors (Lipinski definition) is 4. The van der Waals surface area contributed by atoms with Crippen molar-refractivity contribution in [2.75, 3.05) is 5.73 Å². The Morgan fingerprint density at radius 2 is 2.06 bits per heavy atom. The number of aromatic nitrogens is 2. The summed E-state index contributed by atoms with van der Waals surface area (Å²) < 4.78 is 0. The molecular weight excluding hydrogens is 228 g/mol. The minimum absolute atomic E-state index is 0.152. The second-order valence-corrected chi connectivity index (χ2v) is 5.02. The van der Waals surface area contributed by atoms with Gasteiger partial charge in [0.15, 0.2) is 0 Å². The van der Waals surface area contributed by atoms with Crippen LogP contribution in [0.25, 0.3) is 0 Å². The van der Waals surface area contributed by atoms with E-state index in [1.807, 2.05) is 0 Å². The van der Waals surface area contributed by atoms with Crippen LogP contribution < -0.4 is 11.1 Å². The molecule has 0 bridgehead atoms. The van der Waals surface area contributed by atoms with Crippen LogP contribution in [0.15, 0.2) is 12.4 Å². The van der Waals surface area contributed by atoms with Gasteiger partial charge in [0.2, 0.25) is 0 Å². The first-order valence-corrected chi connectivity index (χ1v) is 6.55.